The third-order valence-electron chi connectivity index (χ3n) is 3.44. The van der Waals surface area contributed by atoms with Crippen molar-refractivity contribution in [1.29, 1.82) is 0 Å². The zero-order valence-corrected chi connectivity index (χ0v) is 11.5. The van der Waals surface area contributed by atoms with E-state index in [1.165, 1.54) is 4.90 Å². The van der Waals surface area contributed by atoms with E-state index in [9.17, 15) is 14.4 Å². The van der Waals surface area contributed by atoms with Crippen molar-refractivity contribution in [2.45, 2.75) is 26.8 Å². The van der Waals surface area contributed by atoms with Crippen molar-refractivity contribution in [3.63, 3.8) is 0 Å². The summed E-state index contributed by atoms with van der Waals surface area (Å²) in [6.07, 6.45) is 0.192. The maximum atomic E-state index is 12.2. The van der Waals surface area contributed by atoms with Crippen LogP contribution in [-0.4, -0.2) is 22.6 Å². The summed E-state index contributed by atoms with van der Waals surface area (Å²) in [5.74, 6) is 4.25. The number of nitrogens with one attached hydrogen (secondary N) is 1. The van der Waals surface area contributed by atoms with Gasteiger partial charge in [-0.2, -0.15) is 0 Å². The van der Waals surface area contributed by atoms with Gasteiger partial charge in [0.1, 0.15) is 0 Å². The Labute approximate surface area is 116 Å². The number of rotatable bonds is 3. The normalized spacial score (nSPS) is 17.4. The Morgan fingerprint density at radius 2 is 2.00 bits per heavy atom. The number of carbonyl (C=O) groups is 3. The Kier molecular flexibility index (Phi) is 3.59. The van der Waals surface area contributed by atoms with E-state index in [2.05, 4.69) is 5.43 Å². The second kappa shape index (κ2) is 5.05. The summed E-state index contributed by atoms with van der Waals surface area (Å²) in [6.45, 7) is 3.57. The highest BCUT2D eigenvalue weighted by atomic mass is 16.2. The molecule has 0 aromatic heterocycles. The van der Waals surface area contributed by atoms with Crippen molar-refractivity contribution < 1.29 is 14.4 Å². The van der Waals surface area contributed by atoms with E-state index >= 15 is 0 Å². The summed E-state index contributed by atoms with van der Waals surface area (Å²) < 4.78 is 0. The van der Waals surface area contributed by atoms with Gasteiger partial charge >= 0.3 is 0 Å². The Hall–Kier alpha value is -2.21. The molecule has 0 saturated carbocycles. The summed E-state index contributed by atoms with van der Waals surface area (Å²) in [7, 11) is 0. The molecule has 0 atom stereocenters. The minimum absolute atomic E-state index is 0.0880. The van der Waals surface area contributed by atoms with Crippen LogP contribution in [0.2, 0.25) is 0 Å². The maximum absolute atomic E-state index is 12.2. The average molecular weight is 275 g/mol. The molecule has 2 rings (SSSR count). The SMILES string of the molecule is CC1(C)CC(=O)N(Cc2ccccc2C(=O)NN)C1=O. The van der Waals surface area contributed by atoms with Gasteiger partial charge < -0.3 is 0 Å². The molecule has 20 heavy (non-hydrogen) atoms. The molecular formula is C14H17N3O3. The monoisotopic (exact) mass is 275 g/mol. The smallest absolute Gasteiger partial charge is 0.265 e. The zero-order valence-electron chi connectivity index (χ0n) is 11.5. The van der Waals surface area contributed by atoms with Gasteiger partial charge in [0.05, 0.1) is 12.0 Å². The van der Waals surface area contributed by atoms with Crippen LogP contribution in [0.3, 0.4) is 0 Å². The molecule has 0 aliphatic carbocycles. The summed E-state index contributed by atoms with van der Waals surface area (Å²) in [5.41, 5.74) is 2.33. The number of likely N-dealkylation sites (tertiary alicyclic amines) is 1. The Morgan fingerprint density at radius 1 is 1.35 bits per heavy atom. The van der Waals surface area contributed by atoms with Crippen molar-refractivity contribution in [2.75, 3.05) is 0 Å². The number of amides is 3. The molecule has 106 valence electrons. The summed E-state index contributed by atoms with van der Waals surface area (Å²) in [6, 6.07) is 6.76. The van der Waals surface area contributed by atoms with Crippen LogP contribution in [0.4, 0.5) is 0 Å². The predicted octanol–water partition coefficient (Wildman–Crippen LogP) is 0.575. The molecular weight excluding hydrogens is 258 g/mol. The number of hydrazine groups is 1. The van der Waals surface area contributed by atoms with Crippen molar-refractivity contribution >= 4 is 17.7 Å². The summed E-state index contributed by atoms with van der Waals surface area (Å²) in [4.78, 5) is 37.0. The molecule has 1 heterocycles. The van der Waals surface area contributed by atoms with E-state index in [1.807, 2.05) is 0 Å². The largest absolute Gasteiger partial charge is 0.290 e. The van der Waals surface area contributed by atoms with E-state index in [0.29, 0.717) is 11.1 Å². The van der Waals surface area contributed by atoms with Gasteiger partial charge in [-0.05, 0) is 11.6 Å². The number of carbonyl (C=O) groups excluding carboxylic acids is 3. The van der Waals surface area contributed by atoms with Crippen molar-refractivity contribution in [3.8, 4) is 0 Å². The van der Waals surface area contributed by atoms with Gasteiger partial charge in [-0.3, -0.25) is 24.7 Å². The van der Waals surface area contributed by atoms with Crippen LogP contribution >= 0.6 is 0 Å². The van der Waals surface area contributed by atoms with Crippen LogP contribution in [-0.2, 0) is 16.1 Å². The molecule has 0 unspecified atom stereocenters. The van der Waals surface area contributed by atoms with Crippen molar-refractivity contribution in [1.82, 2.24) is 10.3 Å². The highest BCUT2D eigenvalue weighted by Gasteiger charge is 2.44. The molecule has 0 bridgehead atoms. The number of hydrogen-bond acceptors (Lipinski definition) is 4. The lowest BCUT2D eigenvalue weighted by molar-refractivity contribution is -0.141. The minimum atomic E-state index is -0.678. The fraction of sp³-hybridized carbons (Fsp3) is 0.357. The molecule has 1 aliphatic rings. The highest BCUT2D eigenvalue weighted by Crippen LogP contribution is 2.32. The van der Waals surface area contributed by atoms with E-state index < -0.39 is 11.3 Å². The molecule has 6 heteroatoms. The van der Waals surface area contributed by atoms with Crippen LogP contribution in [0.5, 0.6) is 0 Å². The first-order valence-electron chi connectivity index (χ1n) is 6.30. The third-order valence-corrected chi connectivity index (χ3v) is 3.44. The first kappa shape index (κ1) is 14.2. The number of hydrogen-bond donors (Lipinski definition) is 2. The quantitative estimate of drug-likeness (QED) is 0.365. The van der Waals surface area contributed by atoms with Gasteiger partial charge in [0.2, 0.25) is 11.8 Å². The van der Waals surface area contributed by atoms with Crippen molar-refractivity contribution in [2.24, 2.45) is 11.3 Å². The van der Waals surface area contributed by atoms with Gasteiger partial charge in [-0.15, -0.1) is 0 Å². The summed E-state index contributed by atoms with van der Waals surface area (Å²) >= 11 is 0. The van der Waals surface area contributed by atoms with E-state index in [4.69, 9.17) is 5.84 Å². The predicted molar refractivity (Wildman–Crippen MR) is 72.1 cm³/mol. The minimum Gasteiger partial charge on any atom is -0.290 e. The van der Waals surface area contributed by atoms with Crippen molar-refractivity contribution in [3.05, 3.63) is 35.4 Å². The molecule has 0 radical (unpaired) electrons. The van der Waals surface area contributed by atoms with E-state index in [0.717, 1.165) is 0 Å². The summed E-state index contributed by atoms with van der Waals surface area (Å²) in [5, 5.41) is 0. The zero-order chi connectivity index (χ0) is 14.9. The molecule has 1 aromatic carbocycles. The molecule has 1 fully saturated rings. The third kappa shape index (κ3) is 2.42. The lowest BCUT2D eigenvalue weighted by Gasteiger charge is -2.19. The first-order chi connectivity index (χ1) is 9.36. The topological polar surface area (TPSA) is 92.5 Å². The van der Waals surface area contributed by atoms with Crippen LogP contribution in [0.15, 0.2) is 24.3 Å². The fourth-order valence-electron chi connectivity index (χ4n) is 2.32. The maximum Gasteiger partial charge on any atom is 0.265 e. The number of nitrogen functional groups attached to an aromatic ring is 1. The number of imide groups is 1. The second-order valence-electron chi connectivity index (χ2n) is 5.48. The number of benzene rings is 1. The van der Waals surface area contributed by atoms with Crippen LogP contribution in [0, 0.1) is 5.41 Å². The van der Waals surface area contributed by atoms with E-state index in [1.54, 1.807) is 38.1 Å². The highest BCUT2D eigenvalue weighted by molar-refractivity contribution is 6.05. The van der Waals surface area contributed by atoms with Crippen LogP contribution < -0.4 is 11.3 Å². The average Bonchev–Trinajstić information content (AvgIpc) is 2.60. The number of nitrogens with zero attached hydrogens (tertiary/aromatic N) is 1. The lowest BCUT2D eigenvalue weighted by Crippen LogP contribution is -2.35. The Bertz CT molecular complexity index is 581. The molecule has 3 amide bonds. The fourth-order valence-corrected chi connectivity index (χ4v) is 2.32. The molecule has 0 spiro atoms. The first-order valence-corrected chi connectivity index (χ1v) is 6.30. The lowest BCUT2D eigenvalue weighted by atomic mass is 9.92. The van der Waals surface area contributed by atoms with Gasteiger partial charge in [0.25, 0.3) is 5.91 Å². The molecule has 1 aromatic rings. The van der Waals surface area contributed by atoms with Crippen LogP contribution in [0.25, 0.3) is 0 Å². The van der Waals surface area contributed by atoms with Gasteiger partial charge in [-0.25, -0.2) is 5.84 Å². The standard InChI is InChI=1S/C14H17N3O3/c1-14(2)7-11(18)17(13(14)20)8-9-5-3-4-6-10(9)12(19)16-15/h3-6H,7-8,15H2,1-2H3,(H,16,19). The molecule has 6 nitrogen and oxygen atoms in total. The molecule has 1 saturated heterocycles. The van der Waals surface area contributed by atoms with E-state index in [-0.39, 0.29) is 24.8 Å². The number of nitrogens with two attached hydrogens (primary N) is 1. The molecule has 3 N–H and O–H groups in total. The Morgan fingerprint density at radius 3 is 2.55 bits per heavy atom. The second-order valence-corrected chi connectivity index (χ2v) is 5.48. The Balaban J connectivity index is 2.30. The molecule has 1 aliphatic heterocycles. The van der Waals surface area contributed by atoms with Gasteiger partial charge in [-0.1, -0.05) is 32.0 Å². The van der Waals surface area contributed by atoms with Gasteiger partial charge in [0, 0.05) is 12.0 Å². The van der Waals surface area contributed by atoms with Gasteiger partial charge in [0.15, 0.2) is 0 Å². The van der Waals surface area contributed by atoms with Crippen LogP contribution in [0.1, 0.15) is 36.2 Å².